The van der Waals surface area contributed by atoms with Crippen molar-refractivity contribution in [1.29, 1.82) is 0 Å². The number of aliphatic hydroxyl groups is 1. The van der Waals surface area contributed by atoms with Crippen molar-refractivity contribution in [2.45, 2.75) is 32.1 Å². The van der Waals surface area contributed by atoms with Gasteiger partial charge in [0.15, 0.2) is 0 Å². The standard InChI is InChI=1S/C20H22O/c1-2-3-8-17-13-15-9-4-5-10-16(15)14-19(17)18-11-6-7-12-20(18)21/h2,4-6,9-11,14-15,21H,1,3,7-8,12-13H2. The molecule has 1 atom stereocenters. The summed E-state index contributed by atoms with van der Waals surface area (Å²) in [6.45, 7) is 3.84. The molecule has 0 fully saturated rings. The lowest BCUT2D eigenvalue weighted by molar-refractivity contribution is 0.383. The van der Waals surface area contributed by atoms with Gasteiger partial charge in [0.25, 0.3) is 0 Å². The Hall–Kier alpha value is -2.02. The van der Waals surface area contributed by atoms with Gasteiger partial charge in [0.05, 0.1) is 0 Å². The first-order valence-corrected chi connectivity index (χ1v) is 7.78. The minimum atomic E-state index is 0.494. The van der Waals surface area contributed by atoms with Gasteiger partial charge in [-0.05, 0) is 36.8 Å². The van der Waals surface area contributed by atoms with E-state index in [2.05, 4.69) is 49.1 Å². The second-order valence-electron chi connectivity index (χ2n) is 5.84. The fraction of sp³-hybridized carbons (Fsp3) is 0.300. The summed E-state index contributed by atoms with van der Waals surface area (Å²) >= 11 is 0. The van der Waals surface area contributed by atoms with Gasteiger partial charge in [0.2, 0.25) is 0 Å². The molecule has 0 spiro atoms. The maximum atomic E-state index is 10.3. The summed E-state index contributed by atoms with van der Waals surface area (Å²) in [5.74, 6) is 1.03. The Morgan fingerprint density at radius 2 is 2.14 bits per heavy atom. The molecule has 0 radical (unpaired) electrons. The third-order valence-electron chi connectivity index (χ3n) is 4.41. The van der Waals surface area contributed by atoms with E-state index in [-0.39, 0.29) is 0 Å². The first-order valence-electron chi connectivity index (χ1n) is 7.78. The van der Waals surface area contributed by atoms with Crippen molar-refractivity contribution in [1.82, 2.24) is 0 Å². The van der Waals surface area contributed by atoms with Crippen molar-refractivity contribution in [2.24, 2.45) is 5.92 Å². The van der Waals surface area contributed by atoms with Crippen molar-refractivity contribution >= 4 is 0 Å². The van der Waals surface area contributed by atoms with Crippen LogP contribution in [0.15, 0.2) is 83.2 Å². The molecule has 3 aliphatic carbocycles. The predicted molar refractivity (Wildman–Crippen MR) is 89.0 cm³/mol. The molecule has 1 nitrogen and oxygen atoms in total. The molecule has 0 saturated heterocycles. The third-order valence-corrected chi connectivity index (χ3v) is 4.41. The van der Waals surface area contributed by atoms with Crippen LogP contribution in [0.2, 0.25) is 0 Å². The van der Waals surface area contributed by atoms with Crippen molar-refractivity contribution in [2.75, 3.05) is 0 Å². The lowest BCUT2D eigenvalue weighted by Gasteiger charge is -2.28. The molecule has 0 aromatic heterocycles. The predicted octanol–water partition coefficient (Wildman–Crippen LogP) is 5.48. The molecule has 0 saturated carbocycles. The van der Waals surface area contributed by atoms with Crippen molar-refractivity contribution in [3.63, 3.8) is 0 Å². The second kappa shape index (κ2) is 6.17. The van der Waals surface area contributed by atoms with E-state index in [9.17, 15) is 5.11 Å². The SMILES string of the molecule is C=CCCC1=C(C2=C(O)CCC=C2)C=C2C=CC=CC2C1. The highest BCUT2D eigenvalue weighted by Crippen LogP contribution is 2.39. The molecule has 21 heavy (non-hydrogen) atoms. The fourth-order valence-electron chi connectivity index (χ4n) is 3.26. The van der Waals surface area contributed by atoms with Gasteiger partial charge in [0, 0.05) is 17.9 Å². The van der Waals surface area contributed by atoms with Crippen LogP contribution in [0.5, 0.6) is 0 Å². The number of aliphatic hydroxyl groups excluding tert-OH is 1. The summed E-state index contributed by atoms with van der Waals surface area (Å²) in [4.78, 5) is 0. The lowest BCUT2D eigenvalue weighted by atomic mass is 9.77. The molecular formula is C20H22O. The average Bonchev–Trinajstić information content (AvgIpc) is 2.52. The molecule has 0 bridgehead atoms. The van der Waals surface area contributed by atoms with Gasteiger partial charge < -0.3 is 5.11 Å². The zero-order chi connectivity index (χ0) is 14.7. The molecule has 1 unspecified atom stereocenters. The maximum Gasteiger partial charge on any atom is 0.100 e. The van der Waals surface area contributed by atoms with Crippen LogP contribution < -0.4 is 0 Å². The van der Waals surface area contributed by atoms with Crippen molar-refractivity contribution in [3.05, 3.63) is 83.2 Å². The van der Waals surface area contributed by atoms with Crippen LogP contribution in [0.4, 0.5) is 0 Å². The summed E-state index contributed by atoms with van der Waals surface area (Å²) in [6, 6.07) is 0. The quantitative estimate of drug-likeness (QED) is 0.675. The van der Waals surface area contributed by atoms with Gasteiger partial charge in [-0.1, -0.05) is 54.2 Å². The van der Waals surface area contributed by atoms with Crippen LogP contribution in [-0.4, -0.2) is 5.11 Å². The van der Waals surface area contributed by atoms with Crippen LogP contribution in [0, 0.1) is 5.92 Å². The maximum absolute atomic E-state index is 10.3. The zero-order valence-corrected chi connectivity index (χ0v) is 12.4. The Kier molecular flexibility index (Phi) is 4.10. The Bertz CT molecular complexity index is 620. The van der Waals surface area contributed by atoms with Gasteiger partial charge in [-0.3, -0.25) is 0 Å². The molecule has 0 aromatic rings. The van der Waals surface area contributed by atoms with Gasteiger partial charge in [-0.2, -0.15) is 0 Å². The number of hydrogen-bond acceptors (Lipinski definition) is 1. The van der Waals surface area contributed by atoms with E-state index in [1.807, 2.05) is 6.08 Å². The third kappa shape index (κ3) is 2.87. The molecule has 108 valence electrons. The Morgan fingerprint density at radius 3 is 2.95 bits per heavy atom. The molecule has 0 aliphatic heterocycles. The zero-order valence-electron chi connectivity index (χ0n) is 12.4. The minimum absolute atomic E-state index is 0.494. The number of rotatable bonds is 4. The monoisotopic (exact) mass is 278 g/mol. The van der Waals surface area contributed by atoms with E-state index < -0.39 is 0 Å². The first kappa shape index (κ1) is 13.9. The summed E-state index contributed by atoms with van der Waals surface area (Å²) in [7, 11) is 0. The van der Waals surface area contributed by atoms with Crippen LogP contribution >= 0.6 is 0 Å². The lowest BCUT2D eigenvalue weighted by Crippen LogP contribution is -2.12. The van der Waals surface area contributed by atoms with Crippen LogP contribution in [0.3, 0.4) is 0 Å². The topological polar surface area (TPSA) is 20.2 Å². The average molecular weight is 278 g/mol. The van der Waals surface area contributed by atoms with E-state index in [1.54, 1.807) is 0 Å². The minimum Gasteiger partial charge on any atom is -0.512 e. The first-order chi connectivity index (χ1) is 10.3. The van der Waals surface area contributed by atoms with Crippen LogP contribution in [-0.2, 0) is 0 Å². The summed E-state index contributed by atoms with van der Waals surface area (Å²) in [5.41, 5.74) is 5.05. The molecule has 0 amide bonds. The van der Waals surface area contributed by atoms with E-state index in [0.717, 1.165) is 37.7 Å². The van der Waals surface area contributed by atoms with Gasteiger partial charge in [0.1, 0.15) is 5.76 Å². The summed E-state index contributed by atoms with van der Waals surface area (Å²) in [5, 5.41) is 10.3. The van der Waals surface area contributed by atoms with Gasteiger partial charge in [-0.25, -0.2) is 0 Å². The van der Waals surface area contributed by atoms with Crippen molar-refractivity contribution in [3.8, 4) is 0 Å². The Morgan fingerprint density at radius 1 is 1.24 bits per heavy atom. The van der Waals surface area contributed by atoms with E-state index in [4.69, 9.17) is 0 Å². The number of allylic oxidation sites excluding steroid dienone is 13. The second-order valence-corrected chi connectivity index (χ2v) is 5.84. The largest absolute Gasteiger partial charge is 0.512 e. The van der Waals surface area contributed by atoms with E-state index >= 15 is 0 Å². The Balaban J connectivity index is 2.03. The molecular weight excluding hydrogens is 256 g/mol. The number of hydrogen-bond donors (Lipinski definition) is 1. The van der Waals surface area contributed by atoms with E-state index in [0.29, 0.717) is 11.7 Å². The summed E-state index contributed by atoms with van der Waals surface area (Å²) < 4.78 is 0. The number of fused-ring (bicyclic) bond motifs is 1. The fourth-order valence-corrected chi connectivity index (χ4v) is 3.26. The highest BCUT2D eigenvalue weighted by atomic mass is 16.3. The Labute approximate surface area is 127 Å². The molecule has 3 rings (SSSR count). The smallest absolute Gasteiger partial charge is 0.100 e. The molecule has 1 N–H and O–H groups in total. The molecule has 3 aliphatic rings. The molecule has 0 heterocycles. The molecule has 1 heteroatoms. The summed E-state index contributed by atoms with van der Waals surface area (Å²) in [6.07, 6.45) is 22.0. The highest BCUT2D eigenvalue weighted by Gasteiger charge is 2.23. The highest BCUT2D eigenvalue weighted by molar-refractivity contribution is 5.57. The van der Waals surface area contributed by atoms with E-state index in [1.165, 1.54) is 16.7 Å². The van der Waals surface area contributed by atoms with Crippen LogP contribution in [0.1, 0.15) is 32.1 Å². The van der Waals surface area contributed by atoms with Crippen LogP contribution in [0.25, 0.3) is 0 Å². The van der Waals surface area contributed by atoms with Gasteiger partial charge >= 0.3 is 0 Å². The van der Waals surface area contributed by atoms with Gasteiger partial charge in [-0.15, -0.1) is 6.58 Å². The van der Waals surface area contributed by atoms with Crippen molar-refractivity contribution < 1.29 is 5.11 Å². The molecule has 0 aromatic carbocycles. The normalized spacial score (nSPS) is 24.2.